The molecule has 0 bridgehead atoms. The monoisotopic (exact) mass is 251 g/mol. The number of thiazole rings is 1. The first kappa shape index (κ1) is 12.3. The molecule has 1 unspecified atom stereocenters. The number of carbonyl (C=O) groups excluding carboxylic acids is 1. The van der Waals surface area contributed by atoms with Gasteiger partial charge < -0.3 is 10.6 Å². The number of aromatic nitrogens is 1. The molecule has 1 saturated heterocycles. The van der Waals surface area contributed by atoms with E-state index in [0.717, 1.165) is 23.7 Å². The molecule has 1 aromatic heterocycles. The lowest BCUT2D eigenvalue weighted by molar-refractivity contribution is -0.117. The minimum atomic E-state index is 0.0462. The first-order valence-electron chi connectivity index (χ1n) is 5.75. The van der Waals surface area contributed by atoms with Gasteiger partial charge in [-0.3, -0.25) is 4.79 Å². The lowest BCUT2D eigenvalue weighted by Gasteiger charge is -2.21. The fourth-order valence-corrected chi connectivity index (χ4v) is 2.32. The Kier molecular flexibility index (Phi) is 3.91. The summed E-state index contributed by atoms with van der Waals surface area (Å²) in [6.45, 7) is 6.30. The largest absolute Gasteiger partial charge is 0.352 e. The van der Waals surface area contributed by atoms with Gasteiger partial charge in [-0.05, 0) is 12.5 Å². The van der Waals surface area contributed by atoms with E-state index in [4.69, 9.17) is 0 Å². The molecular formula is C12H17N3OS. The fourth-order valence-electron chi connectivity index (χ4n) is 1.62. The van der Waals surface area contributed by atoms with Crippen molar-refractivity contribution in [3.63, 3.8) is 0 Å². The fraction of sp³-hybridized carbons (Fsp3) is 0.500. The molecule has 1 aliphatic rings. The van der Waals surface area contributed by atoms with Gasteiger partial charge in [-0.25, -0.2) is 4.98 Å². The minimum absolute atomic E-state index is 0.0462. The van der Waals surface area contributed by atoms with Crippen molar-refractivity contribution in [2.24, 2.45) is 0 Å². The zero-order chi connectivity index (χ0) is 12.3. The molecule has 5 heteroatoms. The predicted molar refractivity (Wildman–Crippen MR) is 69.1 cm³/mol. The molecule has 0 radical (unpaired) electrons. The van der Waals surface area contributed by atoms with Gasteiger partial charge in [0.2, 0.25) is 5.91 Å². The van der Waals surface area contributed by atoms with Gasteiger partial charge in [0.25, 0.3) is 0 Å². The highest BCUT2D eigenvalue weighted by atomic mass is 32.1. The Bertz CT molecular complexity index is 419. The van der Waals surface area contributed by atoms with Gasteiger partial charge in [0, 0.05) is 42.7 Å². The van der Waals surface area contributed by atoms with E-state index < -0.39 is 0 Å². The quantitative estimate of drug-likeness (QED) is 0.793. The Morgan fingerprint density at radius 2 is 2.41 bits per heavy atom. The van der Waals surface area contributed by atoms with Gasteiger partial charge in [0.15, 0.2) is 0 Å². The average molecular weight is 251 g/mol. The van der Waals surface area contributed by atoms with Crippen LogP contribution in [0.3, 0.4) is 0 Å². The van der Waals surface area contributed by atoms with E-state index in [1.165, 1.54) is 5.57 Å². The van der Waals surface area contributed by atoms with E-state index in [-0.39, 0.29) is 11.8 Å². The molecule has 1 aromatic rings. The standard InChI is InChI=1S/C12H17N3OS/c1-8(12-14-3-4-17-12)5-15-11(16)9(2)10-6-13-7-10/h3-4,8,13H,5-7H2,1-2H3,(H,15,16). The van der Waals surface area contributed by atoms with Gasteiger partial charge >= 0.3 is 0 Å². The van der Waals surface area contributed by atoms with Crippen molar-refractivity contribution in [2.45, 2.75) is 19.8 Å². The van der Waals surface area contributed by atoms with Crippen LogP contribution in [0.4, 0.5) is 0 Å². The number of rotatable bonds is 4. The van der Waals surface area contributed by atoms with Gasteiger partial charge in [0.1, 0.15) is 0 Å². The van der Waals surface area contributed by atoms with Crippen molar-refractivity contribution < 1.29 is 4.79 Å². The lowest BCUT2D eigenvalue weighted by Crippen LogP contribution is -2.38. The molecule has 0 spiro atoms. The minimum Gasteiger partial charge on any atom is -0.352 e. The summed E-state index contributed by atoms with van der Waals surface area (Å²) in [6, 6.07) is 0. The Morgan fingerprint density at radius 1 is 1.65 bits per heavy atom. The molecule has 92 valence electrons. The van der Waals surface area contributed by atoms with E-state index in [1.54, 1.807) is 17.5 Å². The molecular weight excluding hydrogens is 234 g/mol. The molecule has 0 aliphatic carbocycles. The summed E-state index contributed by atoms with van der Waals surface area (Å²) < 4.78 is 0. The van der Waals surface area contributed by atoms with Crippen LogP contribution < -0.4 is 10.6 Å². The number of carbonyl (C=O) groups is 1. The molecule has 1 atom stereocenters. The summed E-state index contributed by atoms with van der Waals surface area (Å²) in [5, 5.41) is 9.13. The lowest BCUT2D eigenvalue weighted by atomic mass is 10.0. The van der Waals surface area contributed by atoms with Crippen LogP contribution >= 0.6 is 11.3 Å². The van der Waals surface area contributed by atoms with Crippen molar-refractivity contribution in [2.75, 3.05) is 19.6 Å². The maximum Gasteiger partial charge on any atom is 0.246 e. The summed E-state index contributed by atoms with van der Waals surface area (Å²) in [7, 11) is 0. The molecule has 17 heavy (non-hydrogen) atoms. The highest BCUT2D eigenvalue weighted by molar-refractivity contribution is 7.09. The third-order valence-electron chi connectivity index (χ3n) is 2.99. The van der Waals surface area contributed by atoms with Crippen LogP contribution in [0.25, 0.3) is 0 Å². The predicted octanol–water partition coefficient (Wildman–Crippen LogP) is 1.28. The van der Waals surface area contributed by atoms with Crippen LogP contribution in [-0.2, 0) is 4.79 Å². The van der Waals surface area contributed by atoms with E-state index in [9.17, 15) is 4.79 Å². The molecule has 2 N–H and O–H groups in total. The second-order valence-electron chi connectivity index (χ2n) is 4.31. The first-order valence-corrected chi connectivity index (χ1v) is 6.63. The zero-order valence-corrected chi connectivity index (χ0v) is 10.9. The maximum atomic E-state index is 11.8. The van der Waals surface area contributed by atoms with Crippen LogP contribution in [-0.4, -0.2) is 30.5 Å². The van der Waals surface area contributed by atoms with Crippen LogP contribution in [0.15, 0.2) is 22.7 Å². The number of hydrogen-bond donors (Lipinski definition) is 2. The van der Waals surface area contributed by atoms with Crippen LogP contribution in [0, 0.1) is 0 Å². The summed E-state index contributed by atoms with van der Waals surface area (Å²) >= 11 is 1.63. The second kappa shape index (κ2) is 5.42. The van der Waals surface area contributed by atoms with Gasteiger partial charge in [0.05, 0.1) is 5.01 Å². The first-order chi connectivity index (χ1) is 8.18. The maximum absolute atomic E-state index is 11.8. The average Bonchev–Trinajstić information content (AvgIpc) is 2.76. The van der Waals surface area contributed by atoms with Crippen molar-refractivity contribution in [1.82, 2.24) is 15.6 Å². The van der Waals surface area contributed by atoms with Gasteiger partial charge in [-0.2, -0.15) is 0 Å². The van der Waals surface area contributed by atoms with Crippen LogP contribution in [0.5, 0.6) is 0 Å². The summed E-state index contributed by atoms with van der Waals surface area (Å²) in [5.74, 6) is 0.321. The Balaban J connectivity index is 1.84. The number of hydrogen-bond acceptors (Lipinski definition) is 4. The summed E-state index contributed by atoms with van der Waals surface area (Å²) in [4.78, 5) is 16.1. The van der Waals surface area contributed by atoms with Gasteiger partial charge in [-0.15, -0.1) is 11.3 Å². The molecule has 0 aromatic carbocycles. The van der Waals surface area contributed by atoms with E-state index in [2.05, 4.69) is 22.5 Å². The molecule has 2 heterocycles. The van der Waals surface area contributed by atoms with E-state index in [0.29, 0.717) is 6.54 Å². The SMILES string of the molecule is CC(C(=O)NCC(C)c1nccs1)=C1CNC1. The number of nitrogens with one attached hydrogen (secondary N) is 2. The van der Waals surface area contributed by atoms with E-state index in [1.807, 2.05) is 12.3 Å². The smallest absolute Gasteiger partial charge is 0.246 e. The summed E-state index contributed by atoms with van der Waals surface area (Å²) in [5.41, 5.74) is 2.07. The van der Waals surface area contributed by atoms with Gasteiger partial charge in [-0.1, -0.05) is 6.92 Å². The van der Waals surface area contributed by atoms with Crippen molar-refractivity contribution >= 4 is 17.2 Å². The molecule has 1 amide bonds. The third kappa shape index (κ3) is 2.92. The molecule has 4 nitrogen and oxygen atoms in total. The topological polar surface area (TPSA) is 54.0 Å². The molecule has 2 rings (SSSR count). The molecule has 1 aliphatic heterocycles. The summed E-state index contributed by atoms with van der Waals surface area (Å²) in [6.07, 6.45) is 1.80. The van der Waals surface area contributed by atoms with Crippen molar-refractivity contribution in [3.05, 3.63) is 27.7 Å². The Morgan fingerprint density at radius 3 is 2.94 bits per heavy atom. The van der Waals surface area contributed by atoms with Crippen molar-refractivity contribution in [1.29, 1.82) is 0 Å². The normalized spacial score (nSPS) is 16.2. The van der Waals surface area contributed by atoms with Crippen molar-refractivity contribution in [3.8, 4) is 0 Å². The zero-order valence-electron chi connectivity index (χ0n) is 10.1. The highest BCUT2D eigenvalue weighted by Crippen LogP contribution is 2.16. The highest BCUT2D eigenvalue weighted by Gasteiger charge is 2.16. The Labute approximate surface area is 105 Å². The Hall–Kier alpha value is -1.20. The molecule has 1 fully saturated rings. The number of nitrogens with zero attached hydrogens (tertiary/aromatic N) is 1. The third-order valence-corrected chi connectivity index (χ3v) is 4.00. The number of amides is 1. The van der Waals surface area contributed by atoms with E-state index >= 15 is 0 Å². The molecule has 0 saturated carbocycles. The van der Waals surface area contributed by atoms with Crippen LogP contribution in [0.2, 0.25) is 0 Å². The second-order valence-corrected chi connectivity index (χ2v) is 5.24. The van der Waals surface area contributed by atoms with Crippen LogP contribution in [0.1, 0.15) is 24.8 Å².